The molecule has 0 aromatic heterocycles. The minimum absolute atomic E-state index is 0.110. The molecule has 2 unspecified atom stereocenters. The second-order valence-corrected chi connectivity index (χ2v) is 37.0. The monoisotopic (exact) mass is 1660 g/mol. The van der Waals surface area contributed by atoms with Gasteiger partial charge in [-0.05, 0) is 25.7 Å². The molecule has 0 saturated heterocycles. The fourth-order valence-electron chi connectivity index (χ4n) is 15.1. The third-order valence-electron chi connectivity index (χ3n) is 22.6. The van der Waals surface area contributed by atoms with Crippen molar-refractivity contribution >= 4 is 39.5 Å². The van der Waals surface area contributed by atoms with E-state index in [4.69, 9.17) is 37.0 Å². The summed E-state index contributed by atoms with van der Waals surface area (Å²) >= 11 is 0. The molecule has 0 aromatic carbocycles. The molecule has 0 amide bonds. The molecule has 0 saturated carbocycles. The van der Waals surface area contributed by atoms with Crippen molar-refractivity contribution in [3.63, 3.8) is 0 Å². The number of phosphoric ester groups is 2. The topological polar surface area (TPSA) is 237 Å². The van der Waals surface area contributed by atoms with E-state index in [2.05, 4.69) is 27.7 Å². The minimum Gasteiger partial charge on any atom is -0.462 e. The normalized spacial score (nSPS) is 13.6. The zero-order valence-corrected chi connectivity index (χ0v) is 76.9. The number of unbranched alkanes of at least 4 members (excludes halogenated alkanes) is 70. The second kappa shape index (κ2) is 88.8. The molecular weight excluding hydrogens is 1470 g/mol. The smallest absolute Gasteiger partial charge is 0.462 e. The molecule has 0 radical (unpaired) electrons. The molecule has 0 heterocycles. The van der Waals surface area contributed by atoms with Crippen LogP contribution >= 0.6 is 15.6 Å². The zero-order valence-electron chi connectivity index (χ0n) is 75.1. The number of phosphoric acid groups is 2. The summed E-state index contributed by atoms with van der Waals surface area (Å²) in [6.07, 6.45) is 87.8. The summed E-state index contributed by atoms with van der Waals surface area (Å²) in [7, 11) is -9.94. The third kappa shape index (κ3) is 87.9. The molecule has 19 heteroatoms. The van der Waals surface area contributed by atoms with Crippen molar-refractivity contribution in [1.82, 2.24) is 0 Å². The lowest BCUT2D eigenvalue weighted by molar-refractivity contribution is -0.161. The van der Waals surface area contributed by atoms with Gasteiger partial charge in [-0.15, -0.1) is 0 Å². The molecule has 0 spiro atoms. The van der Waals surface area contributed by atoms with Crippen LogP contribution in [0.1, 0.15) is 529 Å². The van der Waals surface area contributed by atoms with E-state index in [-0.39, 0.29) is 25.7 Å². The van der Waals surface area contributed by atoms with E-state index in [0.29, 0.717) is 25.7 Å². The van der Waals surface area contributed by atoms with Crippen LogP contribution in [0, 0.1) is 0 Å². The molecular formula is C95H186O17P2. The van der Waals surface area contributed by atoms with Gasteiger partial charge in [-0.25, -0.2) is 9.13 Å². The Bertz CT molecular complexity index is 2140. The Morgan fingerprint density at radius 3 is 0.518 bits per heavy atom. The number of rotatable bonds is 96. The van der Waals surface area contributed by atoms with E-state index < -0.39 is 97.5 Å². The molecule has 0 aliphatic carbocycles. The average Bonchev–Trinajstić information content (AvgIpc) is 0.898. The van der Waals surface area contributed by atoms with Gasteiger partial charge in [0.1, 0.15) is 19.3 Å². The van der Waals surface area contributed by atoms with E-state index in [1.165, 1.54) is 360 Å². The van der Waals surface area contributed by atoms with Gasteiger partial charge in [-0.1, -0.05) is 477 Å². The number of aliphatic hydroxyl groups is 1. The van der Waals surface area contributed by atoms with Crippen molar-refractivity contribution in [2.45, 2.75) is 547 Å². The molecule has 5 atom stereocenters. The van der Waals surface area contributed by atoms with Gasteiger partial charge in [0.05, 0.1) is 26.4 Å². The van der Waals surface area contributed by atoms with E-state index in [9.17, 15) is 43.2 Å². The van der Waals surface area contributed by atoms with Crippen molar-refractivity contribution in [2.75, 3.05) is 39.6 Å². The lowest BCUT2D eigenvalue weighted by Crippen LogP contribution is -2.30. The quantitative estimate of drug-likeness (QED) is 0.0222. The molecule has 3 N–H and O–H groups in total. The fraction of sp³-hybridized carbons (Fsp3) is 0.958. The predicted molar refractivity (Wildman–Crippen MR) is 474 cm³/mol. The Kier molecular flexibility index (Phi) is 87.3. The maximum atomic E-state index is 13.2. The van der Waals surface area contributed by atoms with E-state index in [1.807, 2.05) is 0 Å². The Morgan fingerprint density at radius 2 is 0.351 bits per heavy atom. The highest BCUT2D eigenvalue weighted by Gasteiger charge is 2.31. The Balaban J connectivity index is 5.21. The first-order chi connectivity index (χ1) is 55.7. The van der Waals surface area contributed by atoms with Crippen LogP contribution in [0.25, 0.3) is 0 Å². The van der Waals surface area contributed by atoms with Crippen LogP contribution in [0.5, 0.6) is 0 Å². The van der Waals surface area contributed by atoms with Gasteiger partial charge < -0.3 is 33.8 Å². The van der Waals surface area contributed by atoms with Gasteiger partial charge in [0.15, 0.2) is 12.2 Å². The summed E-state index contributed by atoms with van der Waals surface area (Å²) in [5.41, 5.74) is 0. The number of carbonyl (C=O) groups is 4. The molecule has 0 rings (SSSR count). The standard InChI is InChI=1S/C95H186O17P2/c1-5-9-13-17-21-25-29-32-35-38-41-44-46-49-52-55-58-62-66-70-74-78-82-95(100)112-91(86-106-93(98)80-76-72-68-64-60-56-53-50-48-45-42-39-36-33-30-26-22-18-14-10-6-2)88-110-114(103,104)108-84-89(96)83-107-113(101,102)109-87-90(85-105-92(97)79-75-71-67-63-59-28-24-20-16-12-8-4)111-94(99)81-77-73-69-65-61-57-54-51-47-43-40-37-34-31-27-23-19-15-11-7-3/h89-91,96H,5-88H2,1-4H3,(H,101,102)(H,103,104)/t89-,90+,91+/m0/s1. The number of carbonyl (C=O) groups excluding carboxylic acids is 4. The minimum atomic E-state index is -4.97. The highest BCUT2D eigenvalue weighted by molar-refractivity contribution is 7.47. The van der Waals surface area contributed by atoms with Gasteiger partial charge in [0.2, 0.25) is 0 Å². The Labute approximate surface area is 702 Å². The molecule has 17 nitrogen and oxygen atoms in total. The van der Waals surface area contributed by atoms with Crippen LogP contribution in [0.3, 0.4) is 0 Å². The van der Waals surface area contributed by atoms with Crippen molar-refractivity contribution in [2.24, 2.45) is 0 Å². The van der Waals surface area contributed by atoms with Crippen molar-refractivity contribution in [3.8, 4) is 0 Å². The summed E-state index contributed by atoms with van der Waals surface area (Å²) in [6, 6.07) is 0. The van der Waals surface area contributed by atoms with Crippen LogP contribution < -0.4 is 0 Å². The van der Waals surface area contributed by atoms with Crippen LogP contribution in [0.15, 0.2) is 0 Å². The highest BCUT2D eigenvalue weighted by Crippen LogP contribution is 2.45. The SMILES string of the molecule is CCCCCCCCCCCCCCCCCCCCCCCCC(=O)O[C@H](COC(=O)CCCCCCCCCCCCCCCCCCCCCCC)COP(=O)(O)OC[C@@H](O)COP(=O)(O)OC[C@@H](COC(=O)CCCCCCCCCCCCC)OC(=O)CCCCCCCCCCCCCCCCCCCCCC. The molecule has 0 bridgehead atoms. The van der Waals surface area contributed by atoms with E-state index in [1.54, 1.807) is 0 Å². The molecule has 0 aliphatic heterocycles. The van der Waals surface area contributed by atoms with Crippen LogP contribution in [0.4, 0.5) is 0 Å². The first-order valence-electron chi connectivity index (χ1n) is 49.3. The largest absolute Gasteiger partial charge is 0.472 e. The number of ether oxygens (including phenoxy) is 4. The number of aliphatic hydroxyl groups excluding tert-OH is 1. The highest BCUT2D eigenvalue weighted by atomic mass is 31.2. The average molecular weight is 1660 g/mol. The van der Waals surface area contributed by atoms with Gasteiger partial charge in [-0.2, -0.15) is 0 Å². The summed E-state index contributed by atoms with van der Waals surface area (Å²) in [5.74, 6) is -2.09. The van der Waals surface area contributed by atoms with Gasteiger partial charge in [0.25, 0.3) is 0 Å². The molecule has 678 valence electrons. The molecule has 0 aromatic rings. The fourth-order valence-corrected chi connectivity index (χ4v) is 16.7. The Hall–Kier alpha value is -1.94. The number of esters is 4. The maximum Gasteiger partial charge on any atom is 0.472 e. The van der Waals surface area contributed by atoms with Gasteiger partial charge in [-0.3, -0.25) is 37.3 Å². The zero-order chi connectivity index (χ0) is 83.1. The van der Waals surface area contributed by atoms with Crippen molar-refractivity contribution in [3.05, 3.63) is 0 Å². The molecule has 0 fully saturated rings. The molecule has 114 heavy (non-hydrogen) atoms. The number of hydrogen-bond acceptors (Lipinski definition) is 15. The summed E-state index contributed by atoms with van der Waals surface area (Å²) in [4.78, 5) is 73.5. The maximum absolute atomic E-state index is 13.2. The third-order valence-corrected chi connectivity index (χ3v) is 24.5. The second-order valence-electron chi connectivity index (χ2n) is 34.1. The Morgan fingerprint density at radius 1 is 0.211 bits per heavy atom. The van der Waals surface area contributed by atoms with Crippen molar-refractivity contribution in [1.29, 1.82) is 0 Å². The van der Waals surface area contributed by atoms with E-state index >= 15 is 0 Å². The first kappa shape index (κ1) is 112. The lowest BCUT2D eigenvalue weighted by Gasteiger charge is -2.21. The summed E-state index contributed by atoms with van der Waals surface area (Å²) < 4.78 is 69.2. The first-order valence-corrected chi connectivity index (χ1v) is 52.3. The van der Waals surface area contributed by atoms with Crippen LogP contribution in [-0.2, 0) is 65.4 Å². The summed E-state index contributed by atoms with van der Waals surface area (Å²) in [5, 5.41) is 10.7. The van der Waals surface area contributed by atoms with Crippen molar-refractivity contribution < 1.29 is 80.2 Å². The van der Waals surface area contributed by atoms with Crippen LogP contribution in [0.2, 0.25) is 0 Å². The number of hydrogen-bond donors (Lipinski definition) is 3. The van der Waals surface area contributed by atoms with Crippen LogP contribution in [-0.4, -0.2) is 96.7 Å². The van der Waals surface area contributed by atoms with Gasteiger partial charge in [0, 0.05) is 25.7 Å². The van der Waals surface area contributed by atoms with Gasteiger partial charge >= 0.3 is 39.5 Å². The summed E-state index contributed by atoms with van der Waals surface area (Å²) in [6.45, 7) is 5.10. The predicted octanol–water partition coefficient (Wildman–Crippen LogP) is 30.0. The molecule has 0 aliphatic rings. The lowest BCUT2D eigenvalue weighted by atomic mass is 10.0. The van der Waals surface area contributed by atoms with E-state index in [0.717, 1.165) is 89.9 Å².